The van der Waals surface area contributed by atoms with Crippen LogP contribution in [0.25, 0.3) is 0 Å². The number of ether oxygens (including phenoxy) is 3. The number of nitrogens with one attached hydrogen (secondary N) is 2. The largest absolute Gasteiger partial charge is 0.445 e. The SMILES string of the molecule is COC[C@H](NC(=O)OC(C)(C)C)c1cccc(CCNC(=O)OCc2ccccc2)c1. The first-order valence-corrected chi connectivity index (χ1v) is 10.3. The average molecular weight is 429 g/mol. The zero-order chi connectivity index (χ0) is 22.7. The molecule has 0 aliphatic heterocycles. The normalized spacial score (nSPS) is 12.0. The number of hydrogen-bond acceptors (Lipinski definition) is 5. The van der Waals surface area contributed by atoms with Crippen molar-refractivity contribution in [3.63, 3.8) is 0 Å². The van der Waals surface area contributed by atoms with Crippen LogP contribution in [0.1, 0.15) is 43.5 Å². The fraction of sp³-hybridized carbons (Fsp3) is 0.417. The maximum Gasteiger partial charge on any atom is 0.408 e. The second-order valence-corrected chi connectivity index (χ2v) is 8.14. The number of amides is 2. The van der Waals surface area contributed by atoms with E-state index < -0.39 is 17.8 Å². The van der Waals surface area contributed by atoms with Crippen molar-refractivity contribution in [2.24, 2.45) is 0 Å². The zero-order valence-corrected chi connectivity index (χ0v) is 18.6. The average Bonchev–Trinajstić information content (AvgIpc) is 2.71. The van der Waals surface area contributed by atoms with Crippen molar-refractivity contribution >= 4 is 12.2 Å². The Morgan fingerprint density at radius 1 is 0.968 bits per heavy atom. The molecule has 2 rings (SSSR count). The lowest BCUT2D eigenvalue weighted by Gasteiger charge is -2.24. The van der Waals surface area contributed by atoms with Gasteiger partial charge in [-0.1, -0.05) is 54.6 Å². The van der Waals surface area contributed by atoms with Crippen LogP contribution in [-0.2, 0) is 27.2 Å². The molecule has 7 heteroatoms. The van der Waals surface area contributed by atoms with E-state index >= 15 is 0 Å². The van der Waals surface area contributed by atoms with Crippen molar-refractivity contribution in [3.05, 3.63) is 71.3 Å². The fourth-order valence-electron chi connectivity index (χ4n) is 2.89. The second kappa shape index (κ2) is 12.0. The Labute approximate surface area is 184 Å². The van der Waals surface area contributed by atoms with Crippen LogP contribution < -0.4 is 10.6 Å². The van der Waals surface area contributed by atoms with Gasteiger partial charge in [-0.05, 0) is 43.9 Å². The fourth-order valence-corrected chi connectivity index (χ4v) is 2.89. The highest BCUT2D eigenvalue weighted by atomic mass is 16.6. The van der Waals surface area contributed by atoms with Gasteiger partial charge in [0.25, 0.3) is 0 Å². The van der Waals surface area contributed by atoms with E-state index in [1.165, 1.54) is 0 Å². The molecule has 0 unspecified atom stereocenters. The van der Waals surface area contributed by atoms with Crippen molar-refractivity contribution in [2.75, 3.05) is 20.3 Å². The van der Waals surface area contributed by atoms with E-state index in [-0.39, 0.29) is 12.6 Å². The molecule has 0 spiro atoms. The van der Waals surface area contributed by atoms with E-state index in [0.29, 0.717) is 19.6 Å². The summed E-state index contributed by atoms with van der Waals surface area (Å²) in [6, 6.07) is 17.0. The first kappa shape index (κ1) is 24.2. The van der Waals surface area contributed by atoms with Crippen molar-refractivity contribution in [2.45, 2.75) is 45.4 Å². The number of rotatable bonds is 9. The lowest BCUT2D eigenvalue weighted by atomic mass is 10.0. The first-order valence-electron chi connectivity index (χ1n) is 10.3. The summed E-state index contributed by atoms with van der Waals surface area (Å²) in [5.41, 5.74) is 2.28. The molecule has 2 aromatic rings. The minimum Gasteiger partial charge on any atom is -0.445 e. The molecule has 2 N–H and O–H groups in total. The van der Waals surface area contributed by atoms with Crippen molar-refractivity contribution in [1.82, 2.24) is 10.6 Å². The lowest BCUT2D eigenvalue weighted by Crippen LogP contribution is -2.36. The van der Waals surface area contributed by atoms with Crippen LogP contribution >= 0.6 is 0 Å². The third-order valence-electron chi connectivity index (χ3n) is 4.27. The number of hydrogen-bond donors (Lipinski definition) is 2. The van der Waals surface area contributed by atoms with E-state index in [1.807, 2.05) is 75.4 Å². The van der Waals surface area contributed by atoms with Gasteiger partial charge >= 0.3 is 12.2 Å². The smallest absolute Gasteiger partial charge is 0.408 e. The van der Waals surface area contributed by atoms with Crippen LogP contribution in [-0.4, -0.2) is 38.0 Å². The minimum absolute atomic E-state index is 0.233. The standard InChI is InChI=1S/C24H32N2O5/c1-24(2,3)31-23(28)26-21(17-29-4)20-12-8-11-18(15-20)13-14-25-22(27)30-16-19-9-6-5-7-10-19/h5-12,15,21H,13-14,16-17H2,1-4H3,(H,25,27)(H,26,28)/t21-/m0/s1. The lowest BCUT2D eigenvalue weighted by molar-refractivity contribution is 0.0467. The third-order valence-corrected chi connectivity index (χ3v) is 4.27. The maximum absolute atomic E-state index is 12.2. The molecule has 0 saturated carbocycles. The summed E-state index contributed by atoms with van der Waals surface area (Å²) in [6.07, 6.45) is -0.327. The third kappa shape index (κ3) is 9.53. The first-order chi connectivity index (χ1) is 14.8. The van der Waals surface area contributed by atoms with Gasteiger partial charge in [-0.2, -0.15) is 0 Å². The molecular formula is C24H32N2O5. The molecule has 0 heterocycles. The van der Waals surface area contributed by atoms with Crippen LogP contribution in [0, 0.1) is 0 Å². The molecule has 0 radical (unpaired) electrons. The highest BCUT2D eigenvalue weighted by Gasteiger charge is 2.20. The summed E-state index contributed by atoms with van der Waals surface area (Å²) in [7, 11) is 1.58. The molecule has 0 saturated heterocycles. The Morgan fingerprint density at radius 3 is 2.35 bits per heavy atom. The van der Waals surface area contributed by atoms with Crippen molar-refractivity contribution < 1.29 is 23.8 Å². The molecular weight excluding hydrogens is 396 g/mol. The van der Waals surface area contributed by atoms with E-state index in [9.17, 15) is 9.59 Å². The number of benzene rings is 2. The second-order valence-electron chi connectivity index (χ2n) is 8.14. The molecule has 2 aromatic carbocycles. The Kier molecular flexibility index (Phi) is 9.34. The van der Waals surface area contributed by atoms with Gasteiger partial charge in [0.15, 0.2) is 0 Å². The van der Waals surface area contributed by atoms with E-state index in [1.54, 1.807) is 7.11 Å². The summed E-state index contributed by atoms with van der Waals surface area (Å²) in [4.78, 5) is 24.1. The molecule has 1 atom stereocenters. The maximum atomic E-state index is 12.2. The van der Waals surface area contributed by atoms with Gasteiger partial charge in [-0.3, -0.25) is 0 Å². The summed E-state index contributed by atoms with van der Waals surface area (Å²) < 4.78 is 15.8. The summed E-state index contributed by atoms with van der Waals surface area (Å²) in [6.45, 7) is 6.43. The van der Waals surface area contributed by atoms with Gasteiger partial charge in [0.05, 0.1) is 12.6 Å². The predicted molar refractivity (Wildman–Crippen MR) is 119 cm³/mol. The van der Waals surface area contributed by atoms with Crippen LogP contribution in [0.4, 0.5) is 9.59 Å². The predicted octanol–water partition coefficient (Wildman–Crippen LogP) is 4.37. The van der Waals surface area contributed by atoms with Gasteiger partial charge in [0, 0.05) is 13.7 Å². The van der Waals surface area contributed by atoms with Crippen LogP contribution in [0.5, 0.6) is 0 Å². The van der Waals surface area contributed by atoms with Gasteiger partial charge in [-0.25, -0.2) is 9.59 Å². The number of methoxy groups -OCH3 is 1. The molecule has 2 amide bonds. The van der Waals surface area contributed by atoms with E-state index in [0.717, 1.165) is 16.7 Å². The number of carbonyl (C=O) groups excluding carboxylic acids is 2. The Bertz CT molecular complexity index is 833. The molecule has 0 aliphatic rings. The molecule has 31 heavy (non-hydrogen) atoms. The Balaban J connectivity index is 1.86. The Hall–Kier alpha value is -3.06. The van der Waals surface area contributed by atoms with E-state index in [4.69, 9.17) is 14.2 Å². The number of carbonyl (C=O) groups is 2. The van der Waals surface area contributed by atoms with Gasteiger partial charge in [0.1, 0.15) is 12.2 Å². The quantitative estimate of drug-likeness (QED) is 0.620. The van der Waals surface area contributed by atoms with Crippen molar-refractivity contribution in [3.8, 4) is 0 Å². The van der Waals surface area contributed by atoms with Gasteiger partial charge < -0.3 is 24.8 Å². The summed E-state index contributed by atoms with van der Waals surface area (Å²) >= 11 is 0. The van der Waals surface area contributed by atoms with Crippen LogP contribution in [0.2, 0.25) is 0 Å². The summed E-state index contributed by atoms with van der Waals surface area (Å²) in [5, 5.41) is 5.61. The van der Waals surface area contributed by atoms with Gasteiger partial charge in [-0.15, -0.1) is 0 Å². The Morgan fingerprint density at radius 2 is 1.68 bits per heavy atom. The number of alkyl carbamates (subject to hydrolysis) is 2. The highest BCUT2D eigenvalue weighted by Crippen LogP contribution is 2.17. The zero-order valence-electron chi connectivity index (χ0n) is 18.6. The molecule has 7 nitrogen and oxygen atoms in total. The molecule has 0 aliphatic carbocycles. The highest BCUT2D eigenvalue weighted by molar-refractivity contribution is 5.68. The van der Waals surface area contributed by atoms with Crippen LogP contribution in [0.15, 0.2) is 54.6 Å². The monoisotopic (exact) mass is 428 g/mol. The summed E-state index contributed by atoms with van der Waals surface area (Å²) in [5.74, 6) is 0. The molecule has 0 bridgehead atoms. The molecule has 0 aromatic heterocycles. The van der Waals surface area contributed by atoms with E-state index in [2.05, 4.69) is 10.6 Å². The van der Waals surface area contributed by atoms with Crippen molar-refractivity contribution in [1.29, 1.82) is 0 Å². The van der Waals surface area contributed by atoms with Crippen LogP contribution in [0.3, 0.4) is 0 Å². The molecule has 168 valence electrons. The van der Waals surface area contributed by atoms with Gasteiger partial charge in [0.2, 0.25) is 0 Å². The minimum atomic E-state index is -0.579. The topological polar surface area (TPSA) is 85.9 Å². The molecule has 0 fully saturated rings.